The topological polar surface area (TPSA) is 116 Å². The lowest BCUT2D eigenvalue weighted by Crippen LogP contribution is -2.08. The van der Waals surface area contributed by atoms with Gasteiger partial charge in [0.1, 0.15) is 23.3 Å². The van der Waals surface area contributed by atoms with Gasteiger partial charge in [-0.15, -0.1) is 0 Å². The highest BCUT2D eigenvalue weighted by molar-refractivity contribution is 5.70. The lowest BCUT2D eigenvalue weighted by Gasteiger charge is -2.13. The maximum atomic E-state index is 5.00. The highest BCUT2D eigenvalue weighted by Crippen LogP contribution is 2.30. The molecule has 0 bridgehead atoms. The van der Waals surface area contributed by atoms with Crippen LogP contribution in [0.2, 0.25) is 0 Å². The van der Waals surface area contributed by atoms with E-state index in [-0.39, 0.29) is 23.7 Å². The van der Waals surface area contributed by atoms with E-state index in [1.54, 1.807) is 0 Å². The molecule has 0 radical (unpaired) electrons. The smallest absolute Gasteiger partial charge is 0.163 e. The molecule has 0 amide bonds. The molecule has 6 rings (SSSR count). The zero-order valence-electron chi connectivity index (χ0n) is 28.8. The largest absolute Gasteiger partial charge is 0.217 e. The number of hydrogen-bond acceptors (Lipinski definition) is 9. The van der Waals surface area contributed by atoms with E-state index >= 15 is 0 Å². The monoisotopic (exact) mass is 635 g/mol. The molecule has 9 heteroatoms. The molecule has 6 aromatic rings. The zero-order chi connectivity index (χ0) is 33.9. The summed E-state index contributed by atoms with van der Waals surface area (Å²) in [6.07, 6.45) is 0. The second-order valence-electron chi connectivity index (χ2n) is 13.2. The van der Waals surface area contributed by atoms with Crippen molar-refractivity contribution < 1.29 is 0 Å². The molecule has 0 spiro atoms. The first kappa shape index (κ1) is 32.6. The lowest BCUT2D eigenvalue weighted by molar-refractivity contribution is 0.697. The van der Waals surface area contributed by atoms with Crippen molar-refractivity contribution in [3.05, 3.63) is 102 Å². The van der Waals surface area contributed by atoms with Gasteiger partial charge >= 0.3 is 0 Å². The van der Waals surface area contributed by atoms with Crippen LogP contribution >= 0.6 is 0 Å². The first-order valence-corrected chi connectivity index (χ1v) is 16.6. The van der Waals surface area contributed by atoms with Gasteiger partial charge in [0, 0.05) is 51.5 Å². The highest BCUT2D eigenvalue weighted by Gasteiger charge is 2.18. The first-order chi connectivity index (χ1) is 23.0. The van der Waals surface area contributed by atoms with Crippen LogP contribution in [0.1, 0.15) is 102 Å². The van der Waals surface area contributed by atoms with Crippen molar-refractivity contribution in [3.63, 3.8) is 0 Å². The van der Waals surface area contributed by atoms with E-state index in [0.717, 1.165) is 45.3 Å². The Morgan fingerprint density at radius 3 is 0.896 bits per heavy atom. The predicted octanol–water partition coefficient (Wildman–Crippen LogP) is 9.07. The van der Waals surface area contributed by atoms with Crippen molar-refractivity contribution in [3.8, 4) is 56.9 Å². The summed E-state index contributed by atoms with van der Waals surface area (Å²) >= 11 is 0. The summed E-state index contributed by atoms with van der Waals surface area (Å²) < 4.78 is 0. The molecule has 0 N–H and O–H groups in total. The first-order valence-electron chi connectivity index (χ1n) is 16.6. The lowest BCUT2D eigenvalue weighted by atomic mass is 10.1. The summed E-state index contributed by atoms with van der Waals surface area (Å²) in [5, 5.41) is 0. The Labute approximate surface area is 282 Å². The Hall–Kier alpha value is -5.31. The van der Waals surface area contributed by atoms with Gasteiger partial charge in [0.25, 0.3) is 0 Å². The summed E-state index contributed by atoms with van der Waals surface area (Å²) in [7, 11) is 0. The maximum Gasteiger partial charge on any atom is 0.163 e. The standard InChI is InChI=1S/C39H41N9/c1-22(2)31-40-32(23(3)4)43-36(42-31)27-16-12-18-29(20-27)38-45-34(25(7)8)46-39(48-38)30-19-13-17-28(21-30)37-44-33(24(5)6)41-35(47-37)26-14-10-9-11-15-26/h9-25H,1-8H3. The minimum atomic E-state index is 0.0909. The molecule has 242 valence electrons. The van der Waals surface area contributed by atoms with Gasteiger partial charge < -0.3 is 0 Å². The molecule has 9 nitrogen and oxygen atoms in total. The third-order valence-electron chi connectivity index (χ3n) is 7.83. The van der Waals surface area contributed by atoms with Crippen LogP contribution in [0.5, 0.6) is 0 Å². The van der Waals surface area contributed by atoms with Crippen molar-refractivity contribution in [1.82, 2.24) is 44.9 Å². The van der Waals surface area contributed by atoms with Gasteiger partial charge in [-0.2, -0.15) is 0 Å². The van der Waals surface area contributed by atoms with Gasteiger partial charge in [0.05, 0.1) is 0 Å². The van der Waals surface area contributed by atoms with Gasteiger partial charge in [-0.3, -0.25) is 0 Å². The molecule has 0 fully saturated rings. The molecule has 0 atom stereocenters. The van der Waals surface area contributed by atoms with E-state index in [1.165, 1.54) is 0 Å². The maximum absolute atomic E-state index is 5.00. The van der Waals surface area contributed by atoms with Gasteiger partial charge in [0.2, 0.25) is 0 Å². The molecule has 3 aromatic carbocycles. The van der Waals surface area contributed by atoms with Gasteiger partial charge in [-0.05, 0) is 12.1 Å². The second-order valence-corrected chi connectivity index (χ2v) is 13.2. The Morgan fingerprint density at radius 2 is 0.562 bits per heavy atom. The van der Waals surface area contributed by atoms with E-state index < -0.39 is 0 Å². The summed E-state index contributed by atoms with van der Waals surface area (Å²) in [6.45, 7) is 16.7. The normalized spacial score (nSPS) is 11.7. The number of rotatable bonds is 9. The van der Waals surface area contributed by atoms with E-state index in [4.69, 9.17) is 44.9 Å². The fourth-order valence-corrected chi connectivity index (χ4v) is 5.05. The molecule has 3 heterocycles. The third kappa shape index (κ3) is 7.15. The molecular weight excluding hydrogens is 594 g/mol. The molecule has 3 aromatic heterocycles. The molecule has 48 heavy (non-hydrogen) atoms. The van der Waals surface area contributed by atoms with Crippen LogP contribution in [0, 0.1) is 0 Å². The molecule has 0 aliphatic rings. The summed E-state index contributed by atoms with van der Waals surface area (Å²) in [6, 6.07) is 26.1. The number of aromatic nitrogens is 9. The van der Waals surface area contributed by atoms with Crippen LogP contribution in [0.25, 0.3) is 56.9 Å². The molecular formula is C39H41N9. The average Bonchev–Trinajstić information content (AvgIpc) is 3.11. The van der Waals surface area contributed by atoms with Crippen LogP contribution in [-0.4, -0.2) is 44.9 Å². The van der Waals surface area contributed by atoms with Crippen molar-refractivity contribution in [2.24, 2.45) is 0 Å². The van der Waals surface area contributed by atoms with E-state index in [0.29, 0.717) is 34.9 Å². The van der Waals surface area contributed by atoms with Crippen LogP contribution in [-0.2, 0) is 0 Å². The highest BCUT2D eigenvalue weighted by atomic mass is 15.1. The molecule has 0 aliphatic carbocycles. The predicted molar refractivity (Wildman–Crippen MR) is 190 cm³/mol. The summed E-state index contributed by atoms with van der Waals surface area (Å²) in [5.74, 6) is 6.71. The Balaban J connectivity index is 1.43. The Bertz CT molecular complexity index is 2030. The average molecular weight is 636 g/mol. The second kappa shape index (κ2) is 13.8. The molecule has 0 unspecified atom stereocenters. The van der Waals surface area contributed by atoms with Gasteiger partial charge in [-0.1, -0.05) is 122 Å². The quantitative estimate of drug-likeness (QED) is 0.153. The van der Waals surface area contributed by atoms with Gasteiger partial charge in [-0.25, -0.2) is 44.9 Å². The fraction of sp³-hybridized carbons (Fsp3) is 0.308. The van der Waals surface area contributed by atoms with Crippen LogP contribution < -0.4 is 0 Å². The van der Waals surface area contributed by atoms with Crippen molar-refractivity contribution in [1.29, 1.82) is 0 Å². The minimum Gasteiger partial charge on any atom is -0.217 e. The van der Waals surface area contributed by atoms with Gasteiger partial charge in [0.15, 0.2) is 29.1 Å². The van der Waals surface area contributed by atoms with Crippen molar-refractivity contribution >= 4 is 0 Å². The Kier molecular flexibility index (Phi) is 9.39. The van der Waals surface area contributed by atoms with Crippen molar-refractivity contribution in [2.75, 3.05) is 0 Å². The van der Waals surface area contributed by atoms with E-state index in [2.05, 4.69) is 55.4 Å². The molecule has 0 saturated carbocycles. The van der Waals surface area contributed by atoms with Crippen LogP contribution in [0.4, 0.5) is 0 Å². The SMILES string of the molecule is CC(C)c1nc(-c2ccccc2)nc(-c2cccc(-c3nc(-c4cccc(-c5nc(C(C)C)nc(C(C)C)n5)c4)nc(C(C)C)n3)c2)n1. The zero-order valence-corrected chi connectivity index (χ0v) is 28.8. The fourth-order valence-electron chi connectivity index (χ4n) is 5.05. The summed E-state index contributed by atoms with van der Waals surface area (Å²) in [4.78, 5) is 43.7. The molecule has 0 saturated heterocycles. The number of hydrogen-bond donors (Lipinski definition) is 0. The van der Waals surface area contributed by atoms with Crippen LogP contribution in [0.15, 0.2) is 78.9 Å². The van der Waals surface area contributed by atoms with Crippen molar-refractivity contribution in [2.45, 2.75) is 79.1 Å². The molecule has 0 aliphatic heterocycles. The third-order valence-corrected chi connectivity index (χ3v) is 7.83. The Morgan fingerprint density at radius 1 is 0.292 bits per heavy atom. The number of benzene rings is 3. The minimum absolute atomic E-state index is 0.0909. The number of nitrogens with zero attached hydrogens (tertiary/aromatic N) is 9. The van der Waals surface area contributed by atoms with E-state index in [9.17, 15) is 0 Å². The van der Waals surface area contributed by atoms with Crippen LogP contribution in [0.3, 0.4) is 0 Å². The summed E-state index contributed by atoms with van der Waals surface area (Å²) in [5.41, 5.74) is 4.41. The van der Waals surface area contributed by atoms with E-state index in [1.807, 2.05) is 78.9 Å².